The Bertz CT molecular complexity index is 507. The number of rotatable bonds is 5. The molecule has 0 heterocycles. The van der Waals surface area contributed by atoms with Gasteiger partial charge >= 0.3 is 0 Å². The lowest BCUT2D eigenvalue weighted by atomic mass is 9.99. The Labute approximate surface area is 128 Å². The summed E-state index contributed by atoms with van der Waals surface area (Å²) in [7, 11) is 3.70. The highest BCUT2D eigenvalue weighted by Crippen LogP contribution is 2.21. The van der Waals surface area contributed by atoms with E-state index in [0.717, 1.165) is 12.2 Å². The van der Waals surface area contributed by atoms with E-state index in [9.17, 15) is 0 Å². The summed E-state index contributed by atoms with van der Waals surface area (Å²) in [6, 6.07) is 17.3. The topological polar surface area (TPSA) is 21.3 Å². The number of hydrogen-bond acceptors (Lipinski definition) is 2. The van der Waals surface area contributed by atoms with Gasteiger partial charge in [-0.25, -0.2) is 0 Å². The normalized spacial score (nSPS) is 12.2. The molecule has 0 saturated carbocycles. The molecule has 0 aromatic heterocycles. The van der Waals surface area contributed by atoms with Crippen LogP contribution in [0.15, 0.2) is 48.5 Å². The lowest BCUT2D eigenvalue weighted by Crippen LogP contribution is -2.18. The average molecular weight is 367 g/mol. The molecule has 1 atom stereocenters. The van der Waals surface area contributed by atoms with Crippen LogP contribution in [0.2, 0.25) is 0 Å². The number of benzene rings is 2. The van der Waals surface area contributed by atoms with Gasteiger partial charge in [-0.15, -0.1) is 0 Å². The van der Waals surface area contributed by atoms with Crippen LogP contribution >= 0.6 is 22.6 Å². The Kier molecular flexibility index (Phi) is 5.22. The molecule has 2 aromatic rings. The highest BCUT2D eigenvalue weighted by atomic mass is 127. The molecule has 3 heteroatoms. The molecule has 0 fully saturated rings. The molecule has 0 radical (unpaired) electrons. The van der Waals surface area contributed by atoms with Crippen LogP contribution in [0.3, 0.4) is 0 Å². The van der Waals surface area contributed by atoms with Crippen molar-refractivity contribution in [2.75, 3.05) is 14.2 Å². The average Bonchev–Trinajstić information content (AvgIpc) is 2.46. The predicted octanol–water partition coefficient (Wildman–Crippen LogP) is 3.80. The highest BCUT2D eigenvalue weighted by Gasteiger charge is 2.09. The van der Waals surface area contributed by atoms with Crippen LogP contribution < -0.4 is 10.1 Å². The van der Waals surface area contributed by atoms with Crippen molar-refractivity contribution in [2.45, 2.75) is 12.5 Å². The molecule has 1 unspecified atom stereocenters. The summed E-state index contributed by atoms with van der Waals surface area (Å²) < 4.78 is 6.45. The van der Waals surface area contributed by atoms with Gasteiger partial charge in [0.05, 0.1) is 7.11 Å². The second-order valence-electron chi connectivity index (χ2n) is 4.45. The molecule has 2 rings (SSSR count). The van der Waals surface area contributed by atoms with Crippen molar-refractivity contribution in [3.63, 3.8) is 0 Å². The van der Waals surface area contributed by atoms with Crippen molar-refractivity contribution in [1.82, 2.24) is 5.32 Å². The Balaban J connectivity index is 2.11. The second-order valence-corrected chi connectivity index (χ2v) is 5.69. The summed E-state index contributed by atoms with van der Waals surface area (Å²) in [5.74, 6) is 0.902. The van der Waals surface area contributed by atoms with Gasteiger partial charge in [0.25, 0.3) is 0 Å². The van der Waals surface area contributed by atoms with Crippen molar-refractivity contribution in [2.24, 2.45) is 0 Å². The summed E-state index contributed by atoms with van der Waals surface area (Å²) in [6.07, 6.45) is 0.973. The fraction of sp³-hybridized carbons (Fsp3) is 0.250. The fourth-order valence-electron chi connectivity index (χ4n) is 2.08. The van der Waals surface area contributed by atoms with Crippen LogP contribution in [0.1, 0.15) is 17.2 Å². The predicted molar refractivity (Wildman–Crippen MR) is 87.7 cm³/mol. The van der Waals surface area contributed by atoms with E-state index in [-0.39, 0.29) is 0 Å². The minimum atomic E-state index is 0.338. The van der Waals surface area contributed by atoms with Crippen LogP contribution in [-0.4, -0.2) is 14.2 Å². The molecular formula is C16H18INO. The van der Waals surface area contributed by atoms with Crippen LogP contribution in [-0.2, 0) is 6.42 Å². The van der Waals surface area contributed by atoms with E-state index < -0.39 is 0 Å². The third kappa shape index (κ3) is 3.94. The minimum absolute atomic E-state index is 0.338. The Hall–Kier alpha value is -1.07. The second kappa shape index (κ2) is 6.91. The van der Waals surface area contributed by atoms with E-state index in [4.69, 9.17) is 4.74 Å². The smallest absolute Gasteiger partial charge is 0.118 e. The first kappa shape index (κ1) is 14.3. The summed E-state index contributed by atoms with van der Waals surface area (Å²) >= 11 is 2.33. The summed E-state index contributed by atoms with van der Waals surface area (Å²) in [5, 5.41) is 3.38. The molecule has 2 nitrogen and oxygen atoms in total. The lowest BCUT2D eigenvalue weighted by molar-refractivity contribution is 0.414. The van der Waals surface area contributed by atoms with Crippen molar-refractivity contribution >= 4 is 22.6 Å². The van der Waals surface area contributed by atoms with Crippen LogP contribution in [0, 0.1) is 3.57 Å². The number of halogens is 1. The van der Waals surface area contributed by atoms with Crippen LogP contribution in [0.5, 0.6) is 5.75 Å². The number of nitrogens with one attached hydrogen (secondary N) is 1. The monoisotopic (exact) mass is 367 g/mol. The first-order chi connectivity index (χ1) is 9.22. The van der Waals surface area contributed by atoms with Crippen molar-refractivity contribution in [3.05, 3.63) is 63.2 Å². The molecule has 0 aliphatic heterocycles. The molecule has 19 heavy (non-hydrogen) atoms. The van der Waals surface area contributed by atoms with Crippen LogP contribution in [0.25, 0.3) is 0 Å². The van der Waals surface area contributed by atoms with E-state index in [1.807, 2.05) is 19.2 Å². The molecular weight excluding hydrogens is 349 g/mol. The zero-order chi connectivity index (χ0) is 13.7. The zero-order valence-electron chi connectivity index (χ0n) is 11.2. The van der Waals surface area contributed by atoms with Gasteiger partial charge in [-0.3, -0.25) is 0 Å². The number of ether oxygens (including phenoxy) is 1. The first-order valence-electron chi connectivity index (χ1n) is 6.28. The van der Waals surface area contributed by atoms with Gasteiger partial charge in [0.15, 0.2) is 0 Å². The van der Waals surface area contributed by atoms with Gasteiger partial charge in [-0.1, -0.05) is 24.3 Å². The van der Waals surface area contributed by atoms with Crippen LogP contribution in [0.4, 0.5) is 0 Å². The van der Waals surface area contributed by atoms with Gasteiger partial charge in [0, 0.05) is 9.61 Å². The molecule has 0 saturated heterocycles. The molecule has 2 aromatic carbocycles. The fourth-order valence-corrected chi connectivity index (χ4v) is 2.44. The Morgan fingerprint density at radius 1 is 1.05 bits per heavy atom. The molecule has 0 aliphatic rings. The Morgan fingerprint density at radius 2 is 1.68 bits per heavy atom. The van der Waals surface area contributed by atoms with Gasteiger partial charge < -0.3 is 10.1 Å². The summed E-state index contributed by atoms with van der Waals surface area (Å²) in [5.41, 5.74) is 2.62. The SMILES string of the molecule is CNC(Cc1ccc(OC)cc1)c1ccc(I)cc1. The minimum Gasteiger partial charge on any atom is -0.497 e. The van der Waals surface area contributed by atoms with E-state index in [1.54, 1.807) is 7.11 Å². The summed E-state index contributed by atoms with van der Waals surface area (Å²) in [6.45, 7) is 0. The highest BCUT2D eigenvalue weighted by molar-refractivity contribution is 14.1. The third-order valence-electron chi connectivity index (χ3n) is 3.22. The van der Waals surface area contributed by atoms with Gasteiger partial charge in [-0.05, 0) is 71.5 Å². The van der Waals surface area contributed by atoms with E-state index in [1.165, 1.54) is 14.7 Å². The first-order valence-corrected chi connectivity index (χ1v) is 7.36. The lowest BCUT2D eigenvalue weighted by Gasteiger charge is -2.17. The van der Waals surface area contributed by atoms with Crippen molar-refractivity contribution in [1.29, 1.82) is 0 Å². The van der Waals surface area contributed by atoms with E-state index >= 15 is 0 Å². The van der Waals surface area contributed by atoms with Crippen molar-refractivity contribution < 1.29 is 4.74 Å². The summed E-state index contributed by atoms with van der Waals surface area (Å²) in [4.78, 5) is 0. The molecule has 0 bridgehead atoms. The maximum atomic E-state index is 5.18. The molecule has 0 spiro atoms. The molecule has 1 N–H and O–H groups in total. The Morgan fingerprint density at radius 3 is 2.21 bits per heavy atom. The van der Waals surface area contributed by atoms with Gasteiger partial charge in [0.2, 0.25) is 0 Å². The van der Waals surface area contributed by atoms with Crippen molar-refractivity contribution in [3.8, 4) is 5.75 Å². The third-order valence-corrected chi connectivity index (χ3v) is 3.94. The maximum absolute atomic E-state index is 5.18. The molecule has 0 amide bonds. The van der Waals surface area contributed by atoms with Gasteiger partial charge in [0.1, 0.15) is 5.75 Å². The molecule has 0 aliphatic carbocycles. The standard InChI is InChI=1S/C16H18INO/c1-18-16(13-5-7-14(17)8-6-13)11-12-3-9-15(19-2)10-4-12/h3-10,16,18H,11H2,1-2H3. The number of hydrogen-bond donors (Lipinski definition) is 1. The number of likely N-dealkylation sites (N-methyl/N-ethyl adjacent to an activating group) is 1. The van der Waals surface area contributed by atoms with E-state index in [2.05, 4.69) is 64.3 Å². The van der Waals surface area contributed by atoms with E-state index in [0.29, 0.717) is 6.04 Å². The van der Waals surface area contributed by atoms with Gasteiger partial charge in [-0.2, -0.15) is 0 Å². The molecule has 100 valence electrons. The maximum Gasteiger partial charge on any atom is 0.118 e. The zero-order valence-corrected chi connectivity index (χ0v) is 13.3. The largest absolute Gasteiger partial charge is 0.497 e. The quantitative estimate of drug-likeness (QED) is 0.812. The number of methoxy groups -OCH3 is 1.